The molecule has 0 bridgehead atoms. The number of hydrogen-bond donors (Lipinski definition) is 0. The van der Waals surface area contributed by atoms with Gasteiger partial charge in [0.2, 0.25) is 0 Å². The van der Waals surface area contributed by atoms with Gasteiger partial charge in [0.25, 0.3) is 0 Å². The molecule has 0 atom stereocenters. The van der Waals surface area contributed by atoms with Gasteiger partial charge < -0.3 is 0 Å². The Morgan fingerprint density at radius 1 is 0.875 bits per heavy atom. The molecule has 82 valence electrons. The molecule has 0 aliphatic carbocycles. The van der Waals surface area contributed by atoms with E-state index in [1.165, 1.54) is 12.1 Å². The van der Waals surface area contributed by atoms with E-state index in [0.29, 0.717) is 0 Å². The molecule has 0 aliphatic heterocycles. The molecule has 2 aromatic carbocycles. The maximum atomic E-state index is 13.5. The van der Waals surface area contributed by atoms with Gasteiger partial charge in [-0.2, -0.15) is 0 Å². The minimum absolute atomic E-state index is 0.0458. The van der Waals surface area contributed by atoms with Crippen molar-refractivity contribution in [1.29, 1.82) is 0 Å². The van der Waals surface area contributed by atoms with E-state index in [1.807, 2.05) is 0 Å². The second kappa shape index (κ2) is 4.18. The lowest BCUT2D eigenvalue weighted by Gasteiger charge is -2.07. The van der Waals surface area contributed by atoms with Gasteiger partial charge in [0.15, 0.2) is 0 Å². The number of benzene rings is 2. The molecule has 2 rings (SSSR count). The molecule has 4 heteroatoms. The minimum Gasteiger partial charge on any atom is -0.207 e. The third kappa shape index (κ3) is 1.91. The van der Waals surface area contributed by atoms with Crippen molar-refractivity contribution in [2.75, 3.05) is 0 Å². The standard InChI is InChI=1S/C12H6ClF3/c13-9-2-1-3-11(16)12(9)8-6-7(14)4-5-10(8)15/h1-6H. The van der Waals surface area contributed by atoms with Crippen LogP contribution in [0, 0.1) is 17.5 Å². The lowest BCUT2D eigenvalue weighted by molar-refractivity contribution is 0.598. The molecule has 0 spiro atoms. The number of rotatable bonds is 1. The molecule has 16 heavy (non-hydrogen) atoms. The highest BCUT2D eigenvalue weighted by atomic mass is 35.5. The lowest BCUT2D eigenvalue weighted by Crippen LogP contribution is -1.91. The molecule has 0 radical (unpaired) electrons. The van der Waals surface area contributed by atoms with Crippen molar-refractivity contribution in [3.05, 3.63) is 58.9 Å². The van der Waals surface area contributed by atoms with Crippen LogP contribution in [0.15, 0.2) is 36.4 Å². The van der Waals surface area contributed by atoms with Gasteiger partial charge in [0.1, 0.15) is 17.5 Å². The SMILES string of the molecule is Fc1ccc(F)c(-c2c(F)cccc2Cl)c1. The maximum absolute atomic E-state index is 13.5. The summed E-state index contributed by atoms with van der Waals surface area (Å²) in [4.78, 5) is 0. The van der Waals surface area contributed by atoms with Crippen molar-refractivity contribution in [1.82, 2.24) is 0 Å². The van der Waals surface area contributed by atoms with E-state index in [0.717, 1.165) is 24.3 Å². The van der Waals surface area contributed by atoms with E-state index in [-0.39, 0.29) is 16.1 Å². The second-order valence-electron chi connectivity index (χ2n) is 3.22. The molecular formula is C12H6ClF3. The average Bonchev–Trinajstić information content (AvgIpc) is 2.23. The predicted molar refractivity (Wildman–Crippen MR) is 56.8 cm³/mol. The summed E-state index contributed by atoms with van der Waals surface area (Å²) in [6.45, 7) is 0. The first kappa shape index (κ1) is 11.0. The first-order chi connectivity index (χ1) is 7.59. The summed E-state index contributed by atoms with van der Waals surface area (Å²) >= 11 is 5.76. The summed E-state index contributed by atoms with van der Waals surface area (Å²) in [5.41, 5.74) is -0.302. The largest absolute Gasteiger partial charge is 0.207 e. The first-order valence-electron chi connectivity index (χ1n) is 4.49. The Morgan fingerprint density at radius 3 is 2.31 bits per heavy atom. The van der Waals surface area contributed by atoms with Gasteiger partial charge in [-0.1, -0.05) is 17.7 Å². The van der Waals surface area contributed by atoms with Crippen molar-refractivity contribution < 1.29 is 13.2 Å². The number of halogens is 4. The zero-order chi connectivity index (χ0) is 11.7. The Hall–Kier alpha value is -1.48. The summed E-state index contributed by atoms with van der Waals surface area (Å²) in [6.07, 6.45) is 0. The normalized spacial score (nSPS) is 10.5. The Morgan fingerprint density at radius 2 is 1.62 bits per heavy atom. The fourth-order valence-electron chi connectivity index (χ4n) is 1.44. The van der Waals surface area contributed by atoms with Crippen molar-refractivity contribution >= 4 is 11.6 Å². The van der Waals surface area contributed by atoms with E-state index in [9.17, 15) is 13.2 Å². The third-order valence-electron chi connectivity index (χ3n) is 2.16. The molecule has 0 amide bonds. The van der Waals surface area contributed by atoms with E-state index in [1.54, 1.807) is 0 Å². The molecule has 0 aliphatic rings. The highest BCUT2D eigenvalue weighted by molar-refractivity contribution is 6.33. The zero-order valence-corrected chi connectivity index (χ0v) is 8.73. The van der Waals surface area contributed by atoms with Gasteiger partial charge in [-0.15, -0.1) is 0 Å². The molecule has 0 unspecified atom stereocenters. The summed E-state index contributed by atoms with van der Waals surface area (Å²) in [6, 6.07) is 6.79. The first-order valence-corrected chi connectivity index (χ1v) is 4.87. The molecule has 0 heterocycles. The van der Waals surface area contributed by atoms with E-state index < -0.39 is 17.5 Å². The smallest absolute Gasteiger partial charge is 0.132 e. The molecule has 0 nitrogen and oxygen atoms in total. The summed E-state index contributed by atoms with van der Waals surface area (Å²) in [5, 5.41) is 0.0458. The lowest BCUT2D eigenvalue weighted by atomic mass is 10.0. The molecule has 0 N–H and O–H groups in total. The van der Waals surface area contributed by atoms with Crippen LogP contribution in [0.5, 0.6) is 0 Å². The van der Waals surface area contributed by atoms with Crippen LogP contribution in [-0.2, 0) is 0 Å². The van der Waals surface area contributed by atoms with Crippen LogP contribution >= 0.6 is 11.6 Å². The maximum Gasteiger partial charge on any atom is 0.132 e. The molecule has 0 aromatic heterocycles. The Labute approximate surface area is 95.3 Å². The second-order valence-corrected chi connectivity index (χ2v) is 3.63. The fourth-order valence-corrected chi connectivity index (χ4v) is 1.71. The molecule has 0 fully saturated rings. The number of hydrogen-bond acceptors (Lipinski definition) is 0. The van der Waals surface area contributed by atoms with Crippen molar-refractivity contribution in [2.24, 2.45) is 0 Å². The summed E-state index contributed by atoms with van der Waals surface area (Å²) in [7, 11) is 0. The van der Waals surface area contributed by atoms with E-state index >= 15 is 0 Å². The van der Waals surface area contributed by atoms with Gasteiger partial charge in [0.05, 0.1) is 5.02 Å². The third-order valence-corrected chi connectivity index (χ3v) is 2.48. The van der Waals surface area contributed by atoms with Crippen LogP contribution in [0.3, 0.4) is 0 Å². The van der Waals surface area contributed by atoms with Crippen molar-refractivity contribution in [3.8, 4) is 11.1 Å². The molecule has 2 aromatic rings. The minimum atomic E-state index is -0.714. The Kier molecular flexibility index (Phi) is 2.88. The highest BCUT2D eigenvalue weighted by Gasteiger charge is 2.14. The topological polar surface area (TPSA) is 0 Å². The van der Waals surface area contributed by atoms with Crippen LogP contribution < -0.4 is 0 Å². The fraction of sp³-hybridized carbons (Fsp3) is 0. The Bertz CT molecular complexity index is 518. The quantitative estimate of drug-likeness (QED) is 0.694. The van der Waals surface area contributed by atoms with Crippen molar-refractivity contribution in [2.45, 2.75) is 0 Å². The monoisotopic (exact) mass is 242 g/mol. The summed E-state index contributed by atoms with van der Waals surface area (Å²) < 4.78 is 39.9. The van der Waals surface area contributed by atoms with Gasteiger partial charge in [-0.3, -0.25) is 0 Å². The predicted octanol–water partition coefficient (Wildman–Crippen LogP) is 4.42. The van der Waals surface area contributed by atoms with Crippen LogP contribution in [0.1, 0.15) is 0 Å². The van der Waals surface area contributed by atoms with Crippen LogP contribution in [0.2, 0.25) is 5.02 Å². The zero-order valence-electron chi connectivity index (χ0n) is 7.98. The van der Waals surface area contributed by atoms with Crippen LogP contribution in [0.25, 0.3) is 11.1 Å². The van der Waals surface area contributed by atoms with Gasteiger partial charge >= 0.3 is 0 Å². The van der Waals surface area contributed by atoms with Crippen molar-refractivity contribution in [3.63, 3.8) is 0 Å². The molecule has 0 saturated carbocycles. The molecular weight excluding hydrogens is 237 g/mol. The molecule has 0 saturated heterocycles. The van der Waals surface area contributed by atoms with Gasteiger partial charge in [0, 0.05) is 11.1 Å². The average molecular weight is 243 g/mol. The van der Waals surface area contributed by atoms with E-state index in [4.69, 9.17) is 11.6 Å². The van der Waals surface area contributed by atoms with Crippen LogP contribution in [-0.4, -0.2) is 0 Å². The summed E-state index contributed by atoms with van der Waals surface area (Å²) in [5.74, 6) is -2.04. The van der Waals surface area contributed by atoms with Gasteiger partial charge in [-0.05, 0) is 30.3 Å². The highest BCUT2D eigenvalue weighted by Crippen LogP contribution is 2.32. The Balaban J connectivity index is 2.72. The van der Waals surface area contributed by atoms with Crippen LogP contribution in [0.4, 0.5) is 13.2 Å². The van der Waals surface area contributed by atoms with Gasteiger partial charge in [-0.25, -0.2) is 13.2 Å². The van der Waals surface area contributed by atoms with E-state index in [2.05, 4.69) is 0 Å².